The zero-order valence-electron chi connectivity index (χ0n) is 9.25. The summed E-state index contributed by atoms with van der Waals surface area (Å²) in [4.78, 5) is 25.2. The van der Waals surface area contributed by atoms with Crippen LogP contribution in [0.15, 0.2) is 6.07 Å². The highest BCUT2D eigenvalue weighted by Crippen LogP contribution is 2.21. The Morgan fingerprint density at radius 3 is 2.35 bits per heavy atom. The molecule has 0 saturated heterocycles. The Morgan fingerprint density at radius 1 is 1.41 bits per heavy atom. The topological polar surface area (TPSA) is 82.2 Å². The molecule has 1 heterocycles. The van der Waals surface area contributed by atoms with Crippen molar-refractivity contribution in [2.24, 2.45) is 5.92 Å². The zero-order chi connectivity index (χ0) is 13.2. The average molecular weight is 279 g/mol. The zero-order valence-corrected chi connectivity index (χ0v) is 10.8. The van der Waals surface area contributed by atoms with Crippen LogP contribution in [-0.4, -0.2) is 28.0 Å². The van der Waals surface area contributed by atoms with Crippen LogP contribution < -0.4 is 5.32 Å². The van der Waals surface area contributed by atoms with Gasteiger partial charge in [0.2, 0.25) is 0 Å². The lowest BCUT2D eigenvalue weighted by Gasteiger charge is -2.17. The standard InChI is InChI=1S/C10H12Cl2N2O3/c1-4(2)7(10(16)17)14-9(15)6-3-5(11)8(12)13-6/h3-4,7,13H,1-2H3,(H,14,15)(H,16,17). The summed E-state index contributed by atoms with van der Waals surface area (Å²) in [5.74, 6) is -1.87. The van der Waals surface area contributed by atoms with Gasteiger partial charge < -0.3 is 15.4 Å². The minimum Gasteiger partial charge on any atom is -0.480 e. The number of carbonyl (C=O) groups is 2. The molecule has 94 valence electrons. The van der Waals surface area contributed by atoms with Crippen LogP contribution in [0.3, 0.4) is 0 Å². The number of aromatic nitrogens is 1. The Balaban J connectivity index is 2.81. The van der Waals surface area contributed by atoms with Gasteiger partial charge in [0.1, 0.15) is 16.9 Å². The molecule has 0 fully saturated rings. The third-order valence-corrected chi connectivity index (χ3v) is 2.88. The second-order valence-electron chi connectivity index (χ2n) is 3.88. The van der Waals surface area contributed by atoms with Crippen molar-refractivity contribution in [3.63, 3.8) is 0 Å². The van der Waals surface area contributed by atoms with Crippen molar-refractivity contribution in [2.45, 2.75) is 19.9 Å². The Morgan fingerprint density at radius 2 is 2.00 bits per heavy atom. The molecule has 0 radical (unpaired) electrons. The Hall–Kier alpha value is -1.20. The average Bonchev–Trinajstić information content (AvgIpc) is 2.54. The summed E-state index contributed by atoms with van der Waals surface area (Å²) in [7, 11) is 0. The number of aliphatic carboxylic acids is 1. The van der Waals surface area contributed by atoms with Crippen LogP contribution >= 0.6 is 23.2 Å². The first-order chi connectivity index (χ1) is 7.82. The lowest BCUT2D eigenvalue weighted by molar-refractivity contribution is -0.140. The molecule has 0 aliphatic heterocycles. The number of carboxylic acids is 1. The van der Waals surface area contributed by atoms with E-state index in [1.54, 1.807) is 13.8 Å². The van der Waals surface area contributed by atoms with Crippen molar-refractivity contribution in [3.8, 4) is 0 Å². The number of H-pyrrole nitrogens is 1. The van der Waals surface area contributed by atoms with Gasteiger partial charge in [-0.05, 0) is 12.0 Å². The van der Waals surface area contributed by atoms with E-state index in [2.05, 4.69) is 10.3 Å². The van der Waals surface area contributed by atoms with E-state index in [0.717, 1.165) is 0 Å². The summed E-state index contributed by atoms with van der Waals surface area (Å²) >= 11 is 11.3. The molecule has 3 N–H and O–H groups in total. The van der Waals surface area contributed by atoms with Gasteiger partial charge in [0.05, 0.1) is 5.02 Å². The van der Waals surface area contributed by atoms with Gasteiger partial charge in [-0.3, -0.25) is 4.79 Å². The summed E-state index contributed by atoms with van der Waals surface area (Å²) in [6, 6.07) is 0.390. The van der Waals surface area contributed by atoms with Crippen molar-refractivity contribution in [1.29, 1.82) is 0 Å². The molecule has 0 bridgehead atoms. The minimum atomic E-state index is -1.09. The van der Waals surface area contributed by atoms with Gasteiger partial charge in [-0.15, -0.1) is 0 Å². The highest BCUT2D eigenvalue weighted by Gasteiger charge is 2.24. The van der Waals surface area contributed by atoms with Crippen LogP contribution in [0.4, 0.5) is 0 Å². The lowest BCUT2D eigenvalue weighted by atomic mass is 10.0. The van der Waals surface area contributed by atoms with E-state index in [1.165, 1.54) is 6.07 Å². The fourth-order valence-electron chi connectivity index (χ4n) is 1.26. The number of aromatic amines is 1. The summed E-state index contributed by atoms with van der Waals surface area (Å²) in [5, 5.41) is 11.7. The third kappa shape index (κ3) is 3.38. The first-order valence-electron chi connectivity index (χ1n) is 4.90. The van der Waals surface area contributed by atoms with Gasteiger partial charge >= 0.3 is 5.97 Å². The molecule has 0 saturated carbocycles. The number of nitrogens with one attached hydrogen (secondary N) is 2. The smallest absolute Gasteiger partial charge is 0.326 e. The van der Waals surface area contributed by atoms with Crippen LogP contribution in [0.5, 0.6) is 0 Å². The minimum absolute atomic E-state index is 0.131. The Labute approximate surface area is 108 Å². The van der Waals surface area contributed by atoms with E-state index in [-0.39, 0.29) is 21.8 Å². The Bertz CT molecular complexity index is 423. The van der Waals surface area contributed by atoms with Crippen molar-refractivity contribution < 1.29 is 14.7 Å². The SMILES string of the molecule is CC(C)C(NC(=O)c1cc(Cl)c(Cl)[nH]1)C(=O)O. The predicted octanol–water partition coefficient (Wildman–Crippen LogP) is 2.16. The normalized spacial score (nSPS) is 12.5. The molecule has 17 heavy (non-hydrogen) atoms. The van der Waals surface area contributed by atoms with Gasteiger partial charge in [-0.2, -0.15) is 0 Å². The monoisotopic (exact) mass is 278 g/mol. The molecule has 1 atom stereocenters. The molecule has 0 aliphatic rings. The molecule has 0 spiro atoms. The largest absolute Gasteiger partial charge is 0.480 e. The first kappa shape index (κ1) is 13.9. The fraction of sp³-hybridized carbons (Fsp3) is 0.400. The number of carbonyl (C=O) groups excluding carboxylic acids is 1. The van der Waals surface area contributed by atoms with E-state index in [4.69, 9.17) is 28.3 Å². The van der Waals surface area contributed by atoms with E-state index >= 15 is 0 Å². The fourth-order valence-corrected chi connectivity index (χ4v) is 1.57. The maximum absolute atomic E-state index is 11.7. The Kier molecular flexibility index (Phi) is 4.42. The van der Waals surface area contributed by atoms with Crippen LogP contribution in [0, 0.1) is 5.92 Å². The van der Waals surface area contributed by atoms with E-state index in [1.807, 2.05) is 0 Å². The van der Waals surface area contributed by atoms with Gasteiger partial charge in [0, 0.05) is 0 Å². The van der Waals surface area contributed by atoms with Gasteiger partial charge in [-0.1, -0.05) is 37.0 Å². The van der Waals surface area contributed by atoms with Gasteiger partial charge in [0.25, 0.3) is 5.91 Å². The second-order valence-corrected chi connectivity index (χ2v) is 4.66. The quantitative estimate of drug-likeness (QED) is 0.789. The number of hydrogen-bond donors (Lipinski definition) is 3. The maximum atomic E-state index is 11.7. The molecule has 5 nitrogen and oxygen atoms in total. The summed E-state index contributed by atoms with van der Waals surface area (Å²) in [6.07, 6.45) is 0. The molecular weight excluding hydrogens is 267 g/mol. The maximum Gasteiger partial charge on any atom is 0.326 e. The molecular formula is C10H12Cl2N2O3. The molecule has 1 unspecified atom stereocenters. The molecule has 7 heteroatoms. The van der Waals surface area contributed by atoms with Crippen molar-refractivity contribution in [3.05, 3.63) is 21.9 Å². The van der Waals surface area contributed by atoms with Gasteiger partial charge in [0.15, 0.2) is 0 Å². The van der Waals surface area contributed by atoms with Crippen LogP contribution in [0.2, 0.25) is 10.2 Å². The molecule has 1 aromatic heterocycles. The molecule has 1 rings (SSSR count). The molecule has 0 aromatic carbocycles. The number of amides is 1. The van der Waals surface area contributed by atoms with E-state index in [0.29, 0.717) is 0 Å². The number of rotatable bonds is 4. The van der Waals surface area contributed by atoms with Gasteiger partial charge in [-0.25, -0.2) is 4.79 Å². The van der Waals surface area contributed by atoms with Crippen molar-refractivity contribution in [1.82, 2.24) is 10.3 Å². The first-order valence-corrected chi connectivity index (χ1v) is 5.66. The summed E-state index contributed by atoms with van der Waals surface area (Å²) < 4.78 is 0. The molecule has 1 amide bonds. The third-order valence-electron chi connectivity index (χ3n) is 2.19. The summed E-state index contributed by atoms with van der Waals surface area (Å²) in [6.45, 7) is 3.40. The van der Waals surface area contributed by atoms with Crippen LogP contribution in [0.25, 0.3) is 0 Å². The molecule has 1 aromatic rings. The predicted molar refractivity (Wildman–Crippen MR) is 64.5 cm³/mol. The number of hydrogen-bond acceptors (Lipinski definition) is 2. The van der Waals surface area contributed by atoms with Crippen LogP contribution in [-0.2, 0) is 4.79 Å². The van der Waals surface area contributed by atoms with Crippen molar-refractivity contribution in [2.75, 3.05) is 0 Å². The number of carboxylic acid groups (broad SMARTS) is 1. The summed E-state index contributed by atoms with van der Waals surface area (Å²) in [5.41, 5.74) is 0.131. The van der Waals surface area contributed by atoms with Crippen LogP contribution in [0.1, 0.15) is 24.3 Å². The van der Waals surface area contributed by atoms with E-state index in [9.17, 15) is 9.59 Å². The second kappa shape index (κ2) is 5.42. The lowest BCUT2D eigenvalue weighted by Crippen LogP contribution is -2.44. The van der Waals surface area contributed by atoms with E-state index < -0.39 is 17.9 Å². The highest BCUT2D eigenvalue weighted by atomic mass is 35.5. The number of halogens is 2. The van der Waals surface area contributed by atoms with Crippen molar-refractivity contribution >= 4 is 35.1 Å². The molecule has 0 aliphatic carbocycles. The highest BCUT2D eigenvalue weighted by molar-refractivity contribution is 6.41.